The number of carbonyl (C=O) groups is 4. The van der Waals surface area contributed by atoms with E-state index in [1.807, 2.05) is 0 Å². The highest BCUT2D eigenvalue weighted by atomic mass is 16.5. The molecule has 0 aliphatic carbocycles. The molecule has 0 aromatic rings. The highest BCUT2D eigenvalue weighted by Crippen LogP contribution is 2.07. The average Bonchev–Trinajstić information content (AvgIpc) is 2.34. The fourth-order valence-corrected chi connectivity index (χ4v) is 1.62. The maximum absolute atomic E-state index is 11.7. The van der Waals surface area contributed by atoms with E-state index >= 15 is 0 Å². The van der Waals surface area contributed by atoms with E-state index in [1.165, 1.54) is 0 Å². The summed E-state index contributed by atoms with van der Waals surface area (Å²) in [5, 5.41) is 0. The second kappa shape index (κ2) is 6.13. The molecule has 18 heavy (non-hydrogen) atoms. The zero-order valence-corrected chi connectivity index (χ0v) is 10.5. The predicted molar refractivity (Wildman–Crippen MR) is 60.2 cm³/mol. The van der Waals surface area contributed by atoms with Gasteiger partial charge in [0, 0.05) is 19.5 Å². The second-order valence-electron chi connectivity index (χ2n) is 3.74. The van der Waals surface area contributed by atoms with E-state index in [0.717, 1.165) is 9.80 Å². The number of nitrogens with zero attached hydrogens (tertiary/aromatic N) is 2. The molecule has 3 amide bonds. The van der Waals surface area contributed by atoms with Gasteiger partial charge in [0.15, 0.2) is 0 Å². The number of amides is 3. The third-order valence-corrected chi connectivity index (χ3v) is 2.54. The lowest BCUT2D eigenvalue weighted by molar-refractivity contribution is -0.163. The van der Waals surface area contributed by atoms with Gasteiger partial charge in [0.1, 0.15) is 6.54 Å². The highest BCUT2D eigenvalue weighted by Gasteiger charge is 2.36. The van der Waals surface area contributed by atoms with E-state index in [0.29, 0.717) is 0 Å². The van der Waals surface area contributed by atoms with Crippen molar-refractivity contribution in [2.45, 2.75) is 20.3 Å². The average molecular weight is 256 g/mol. The molecule has 0 atom stereocenters. The minimum absolute atomic E-state index is 0.122. The second-order valence-corrected chi connectivity index (χ2v) is 3.74. The number of carbonyl (C=O) groups excluding carboxylic acids is 4. The molecule has 1 aliphatic heterocycles. The van der Waals surface area contributed by atoms with Crippen molar-refractivity contribution in [1.29, 1.82) is 0 Å². The van der Waals surface area contributed by atoms with Crippen molar-refractivity contribution in [1.82, 2.24) is 9.80 Å². The Hall–Kier alpha value is -1.92. The molecule has 0 bridgehead atoms. The third-order valence-electron chi connectivity index (χ3n) is 2.54. The third kappa shape index (κ3) is 3.06. The lowest BCUT2D eigenvalue weighted by Crippen LogP contribution is -2.57. The van der Waals surface area contributed by atoms with Crippen molar-refractivity contribution in [3.63, 3.8) is 0 Å². The Labute approximate surface area is 105 Å². The van der Waals surface area contributed by atoms with Gasteiger partial charge >= 0.3 is 17.8 Å². The molecular formula is C11H16N2O5. The number of hydrogen-bond acceptors (Lipinski definition) is 5. The molecule has 0 aromatic heterocycles. The van der Waals surface area contributed by atoms with Gasteiger partial charge < -0.3 is 9.64 Å². The first-order valence-electron chi connectivity index (χ1n) is 5.80. The summed E-state index contributed by atoms with van der Waals surface area (Å²) in [5.41, 5.74) is 0. The highest BCUT2D eigenvalue weighted by molar-refractivity contribution is 6.38. The number of imide groups is 1. The van der Waals surface area contributed by atoms with Gasteiger partial charge in [-0.15, -0.1) is 0 Å². The minimum Gasteiger partial charge on any atom is -0.465 e. The predicted octanol–water partition coefficient (Wildman–Crippen LogP) is -0.843. The van der Waals surface area contributed by atoms with Gasteiger partial charge in [0.2, 0.25) is 5.91 Å². The van der Waals surface area contributed by atoms with E-state index < -0.39 is 17.8 Å². The quantitative estimate of drug-likeness (QED) is 0.483. The molecule has 0 N–H and O–H groups in total. The number of hydrogen-bond donors (Lipinski definition) is 0. The van der Waals surface area contributed by atoms with Gasteiger partial charge in [-0.25, -0.2) is 0 Å². The number of esters is 1. The minimum atomic E-state index is -0.877. The first kappa shape index (κ1) is 14.1. The smallest absolute Gasteiger partial charge is 0.325 e. The van der Waals surface area contributed by atoms with Crippen molar-refractivity contribution >= 4 is 23.7 Å². The maximum atomic E-state index is 11.7. The molecule has 0 radical (unpaired) electrons. The fraction of sp³-hybridized carbons (Fsp3) is 0.636. The zero-order valence-electron chi connectivity index (χ0n) is 10.5. The van der Waals surface area contributed by atoms with Crippen molar-refractivity contribution in [2.24, 2.45) is 0 Å². The molecule has 1 saturated heterocycles. The summed E-state index contributed by atoms with van der Waals surface area (Å²) < 4.78 is 4.70. The van der Waals surface area contributed by atoms with Gasteiger partial charge in [-0.3, -0.25) is 24.1 Å². The van der Waals surface area contributed by atoms with E-state index in [2.05, 4.69) is 0 Å². The summed E-state index contributed by atoms with van der Waals surface area (Å²) >= 11 is 0. The van der Waals surface area contributed by atoms with Crippen LogP contribution >= 0.6 is 0 Å². The van der Waals surface area contributed by atoms with Crippen LogP contribution in [0.3, 0.4) is 0 Å². The van der Waals surface area contributed by atoms with Crippen molar-refractivity contribution in [2.75, 3.05) is 26.2 Å². The van der Waals surface area contributed by atoms with E-state index in [1.54, 1.807) is 13.8 Å². The van der Waals surface area contributed by atoms with Gasteiger partial charge in [-0.2, -0.15) is 0 Å². The molecule has 1 aliphatic rings. The number of piperazine rings is 1. The summed E-state index contributed by atoms with van der Waals surface area (Å²) in [6.45, 7) is 3.52. The Morgan fingerprint density at radius 1 is 1.17 bits per heavy atom. The molecule has 100 valence electrons. The van der Waals surface area contributed by atoms with Crippen LogP contribution in [0.2, 0.25) is 0 Å². The first-order chi connectivity index (χ1) is 8.51. The Morgan fingerprint density at radius 3 is 2.39 bits per heavy atom. The molecule has 0 spiro atoms. The summed E-state index contributed by atoms with van der Waals surface area (Å²) in [4.78, 5) is 47.9. The lowest BCUT2D eigenvalue weighted by Gasteiger charge is -2.31. The molecule has 1 rings (SSSR count). The Bertz CT molecular complexity index is 380. The van der Waals surface area contributed by atoms with Gasteiger partial charge in [-0.1, -0.05) is 6.92 Å². The fourth-order valence-electron chi connectivity index (χ4n) is 1.62. The van der Waals surface area contributed by atoms with Gasteiger partial charge in [0.25, 0.3) is 0 Å². The van der Waals surface area contributed by atoms with Crippen LogP contribution in [0, 0.1) is 0 Å². The Morgan fingerprint density at radius 2 is 1.83 bits per heavy atom. The number of ether oxygens (including phenoxy) is 1. The molecule has 1 fully saturated rings. The first-order valence-corrected chi connectivity index (χ1v) is 5.80. The van der Waals surface area contributed by atoms with Crippen LogP contribution in [0.4, 0.5) is 0 Å². The van der Waals surface area contributed by atoms with E-state index in [-0.39, 0.29) is 38.6 Å². The largest absolute Gasteiger partial charge is 0.465 e. The summed E-state index contributed by atoms with van der Waals surface area (Å²) in [5.74, 6) is -2.66. The van der Waals surface area contributed by atoms with Crippen LogP contribution in [0.25, 0.3) is 0 Å². The van der Waals surface area contributed by atoms with Crippen LogP contribution in [0.5, 0.6) is 0 Å². The van der Waals surface area contributed by atoms with E-state index in [9.17, 15) is 19.2 Å². The standard InChI is InChI=1S/C11H16N2O5/c1-3-8(14)13-6-5-12(10(16)11(13)17)7-9(15)18-4-2/h3-7H2,1-2H3. The van der Waals surface area contributed by atoms with Crippen molar-refractivity contribution in [3.8, 4) is 0 Å². The molecule has 1 heterocycles. The molecule has 0 unspecified atom stereocenters. The van der Waals surface area contributed by atoms with Crippen LogP contribution in [-0.4, -0.2) is 59.7 Å². The SMILES string of the molecule is CCOC(=O)CN1CCN(C(=O)CC)C(=O)C1=O. The van der Waals surface area contributed by atoms with Gasteiger partial charge in [0.05, 0.1) is 6.61 Å². The van der Waals surface area contributed by atoms with Crippen molar-refractivity contribution in [3.05, 3.63) is 0 Å². The summed E-state index contributed by atoms with van der Waals surface area (Å²) in [6, 6.07) is 0. The summed E-state index contributed by atoms with van der Waals surface area (Å²) in [7, 11) is 0. The lowest BCUT2D eigenvalue weighted by atomic mass is 10.2. The topological polar surface area (TPSA) is 84.0 Å². The van der Waals surface area contributed by atoms with Crippen molar-refractivity contribution < 1.29 is 23.9 Å². The molecule has 0 saturated carbocycles. The van der Waals surface area contributed by atoms with Crippen LogP contribution in [0.1, 0.15) is 20.3 Å². The normalized spacial score (nSPS) is 15.9. The Balaban J connectivity index is 2.64. The monoisotopic (exact) mass is 256 g/mol. The van der Waals surface area contributed by atoms with Crippen LogP contribution in [0.15, 0.2) is 0 Å². The van der Waals surface area contributed by atoms with Crippen LogP contribution < -0.4 is 0 Å². The molecule has 0 aromatic carbocycles. The molecule has 7 heteroatoms. The summed E-state index contributed by atoms with van der Waals surface area (Å²) in [6.07, 6.45) is 0.164. The van der Waals surface area contributed by atoms with Gasteiger partial charge in [-0.05, 0) is 6.92 Å². The number of rotatable bonds is 4. The maximum Gasteiger partial charge on any atom is 0.325 e. The van der Waals surface area contributed by atoms with E-state index in [4.69, 9.17) is 4.74 Å². The molecule has 7 nitrogen and oxygen atoms in total. The molecular weight excluding hydrogens is 240 g/mol. The zero-order chi connectivity index (χ0) is 13.7. The Kier molecular flexibility index (Phi) is 4.82. The van der Waals surface area contributed by atoms with Crippen LogP contribution in [-0.2, 0) is 23.9 Å².